The highest BCUT2D eigenvalue weighted by Crippen LogP contribution is 2.16. The van der Waals surface area contributed by atoms with E-state index >= 15 is 0 Å². The maximum Gasteiger partial charge on any atom is 0.252 e. The van der Waals surface area contributed by atoms with E-state index in [1.54, 1.807) is 14.2 Å². The Hall–Kier alpha value is -0.660. The van der Waals surface area contributed by atoms with Crippen LogP contribution in [-0.4, -0.2) is 32.5 Å². The van der Waals surface area contributed by atoms with Crippen LogP contribution in [0.1, 0.15) is 22.8 Å². The third-order valence-corrected chi connectivity index (χ3v) is 4.10. The van der Waals surface area contributed by atoms with Crippen molar-refractivity contribution in [1.29, 1.82) is 0 Å². The molecule has 0 heterocycles. The van der Waals surface area contributed by atoms with Crippen LogP contribution < -0.4 is 5.32 Å². The smallest absolute Gasteiger partial charge is 0.252 e. The van der Waals surface area contributed by atoms with Gasteiger partial charge in [-0.25, -0.2) is 0 Å². The first-order valence-corrected chi connectivity index (χ1v) is 6.70. The van der Waals surface area contributed by atoms with Crippen LogP contribution in [-0.2, 0) is 9.47 Å². The Bertz CT molecular complexity index is 419. The monoisotopic (exact) mass is 363 g/mol. The van der Waals surface area contributed by atoms with E-state index in [0.717, 1.165) is 9.13 Å². The van der Waals surface area contributed by atoms with E-state index in [0.29, 0.717) is 5.56 Å². The molecule has 1 N–H and O–H groups in total. The standard InChI is InChI=1S/C13H18INO3/c1-8-6-5-7-10(11(8)14)12(16)15-9(2)13(17-3)18-4/h5-7,9,13H,1-4H3,(H,15,16). The topological polar surface area (TPSA) is 47.6 Å². The number of aryl methyl sites for hydroxylation is 1. The molecule has 1 aromatic carbocycles. The zero-order chi connectivity index (χ0) is 13.7. The van der Waals surface area contributed by atoms with E-state index < -0.39 is 6.29 Å². The highest BCUT2D eigenvalue weighted by Gasteiger charge is 2.20. The highest BCUT2D eigenvalue weighted by molar-refractivity contribution is 14.1. The van der Waals surface area contributed by atoms with Crippen LogP contribution in [0.25, 0.3) is 0 Å². The third-order valence-electron chi connectivity index (χ3n) is 2.67. The SMILES string of the molecule is COC(OC)C(C)NC(=O)c1cccc(C)c1I. The molecule has 4 nitrogen and oxygen atoms in total. The van der Waals surface area contributed by atoms with E-state index in [1.807, 2.05) is 32.0 Å². The molecule has 0 bridgehead atoms. The van der Waals surface area contributed by atoms with Gasteiger partial charge in [-0.3, -0.25) is 4.79 Å². The highest BCUT2D eigenvalue weighted by atomic mass is 127. The van der Waals surface area contributed by atoms with Gasteiger partial charge in [-0.15, -0.1) is 0 Å². The van der Waals surface area contributed by atoms with Gasteiger partial charge in [0.1, 0.15) is 0 Å². The molecule has 0 aromatic heterocycles. The number of amides is 1. The first kappa shape index (κ1) is 15.4. The molecule has 0 spiro atoms. The summed E-state index contributed by atoms with van der Waals surface area (Å²) in [6.07, 6.45) is -0.448. The molecule has 0 radical (unpaired) electrons. The Morgan fingerprint density at radius 2 is 1.94 bits per heavy atom. The van der Waals surface area contributed by atoms with Gasteiger partial charge in [0.05, 0.1) is 11.6 Å². The second-order valence-corrected chi connectivity index (χ2v) is 5.12. The van der Waals surface area contributed by atoms with Crippen LogP contribution in [0.4, 0.5) is 0 Å². The summed E-state index contributed by atoms with van der Waals surface area (Å²) >= 11 is 2.18. The molecule has 0 saturated carbocycles. The second kappa shape index (κ2) is 7.06. The fraction of sp³-hybridized carbons (Fsp3) is 0.462. The van der Waals surface area contributed by atoms with Crippen molar-refractivity contribution in [2.45, 2.75) is 26.2 Å². The lowest BCUT2D eigenvalue weighted by molar-refractivity contribution is -0.117. The van der Waals surface area contributed by atoms with Crippen LogP contribution in [0, 0.1) is 10.5 Å². The number of nitrogens with one attached hydrogen (secondary N) is 1. The normalized spacial score (nSPS) is 12.6. The summed E-state index contributed by atoms with van der Waals surface area (Å²) in [5.74, 6) is -0.116. The number of methoxy groups -OCH3 is 2. The maximum atomic E-state index is 12.1. The average molecular weight is 363 g/mol. The minimum Gasteiger partial charge on any atom is -0.354 e. The molecule has 100 valence electrons. The molecule has 0 aliphatic heterocycles. The summed E-state index contributed by atoms with van der Waals surface area (Å²) in [7, 11) is 3.10. The number of halogens is 1. The first-order valence-electron chi connectivity index (χ1n) is 5.62. The lowest BCUT2D eigenvalue weighted by Crippen LogP contribution is -2.43. The predicted octanol–water partition coefficient (Wildman–Crippen LogP) is 2.34. The largest absolute Gasteiger partial charge is 0.354 e. The van der Waals surface area contributed by atoms with Crippen LogP contribution in [0.15, 0.2) is 18.2 Å². The Kier molecular flexibility index (Phi) is 6.04. The fourth-order valence-corrected chi connectivity index (χ4v) is 2.28. The summed E-state index contributed by atoms with van der Waals surface area (Å²) in [6.45, 7) is 3.83. The quantitative estimate of drug-likeness (QED) is 0.645. The number of hydrogen-bond donors (Lipinski definition) is 1. The van der Waals surface area contributed by atoms with Gasteiger partial charge >= 0.3 is 0 Å². The van der Waals surface area contributed by atoms with Crippen molar-refractivity contribution >= 4 is 28.5 Å². The summed E-state index contributed by atoms with van der Waals surface area (Å²) < 4.78 is 11.2. The van der Waals surface area contributed by atoms with Crippen molar-refractivity contribution in [3.63, 3.8) is 0 Å². The minimum absolute atomic E-state index is 0.116. The molecule has 0 aliphatic rings. The van der Waals surface area contributed by atoms with Crippen LogP contribution >= 0.6 is 22.6 Å². The lowest BCUT2D eigenvalue weighted by atomic mass is 10.1. The Labute approximate surface area is 121 Å². The molecular weight excluding hydrogens is 345 g/mol. The van der Waals surface area contributed by atoms with E-state index in [9.17, 15) is 4.79 Å². The van der Waals surface area contributed by atoms with Crippen molar-refractivity contribution in [2.24, 2.45) is 0 Å². The first-order chi connectivity index (χ1) is 8.51. The average Bonchev–Trinajstić information content (AvgIpc) is 2.34. The van der Waals surface area contributed by atoms with Gasteiger partial charge in [-0.1, -0.05) is 12.1 Å². The Morgan fingerprint density at radius 1 is 1.33 bits per heavy atom. The number of ether oxygens (including phenoxy) is 2. The molecule has 18 heavy (non-hydrogen) atoms. The molecule has 0 saturated heterocycles. The summed E-state index contributed by atoms with van der Waals surface area (Å²) in [5.41, 5.74) is 1.76. The number of hydrogen-bond acceptors (Lipinski definition) is 3. The third kappa shape index (κ3) is 3.66. The van der Waals surface area contributed by atoms with E-state index in [2.05, 4.69) is 27.9 Å². The van der Waals surface area contributed by atoms with Gasteiger partial charge in [0.2, 0.25) is 0 Å². The van der Waals surface area contributed by atoms with Crippen molar-refractivity contribution < 1.29 is 14.3 Å². The maximum absolute atomic E-state index is 12.1. The molecule has 5 heteroatoms. The summed E-state index contributed by atoms with van der Waals surface area (Å²) in [6, 6.07) is 5.45. The number of carbonyl (C=O) groups excluding carboxylic acids is 1. The van der Waals surface area contributed by atoms with E-state index in [-0.39, 0.29) is 11.9 Å². The predicted molar refractivity (Wildman–Crippen MR) is 78.6 cm³/mol. The van der Waals surface area contributed by atoms with Gasteiger partial charge in [0.25, 0.3) is 5.91 Å². The van der Waals surface area contributed by atoms with Crippen LogP contribution in [0.3, 0.4) is 0 Å². The number of benzene rings is 1. The second-order valence-electron chi connectivity index (χ2n) is 4.04. The van der Waals surface area contributed by atoms with Gasteiger partial charge in [-0.2, -0.15) is 0 Å². The van der Waals surface area contributed by atoms with Gasteiger partial charge in [0, 0.05) is 17.8 Å². The van der Waals surface area contributed by atoms with Crippen molar-refractivity contribution in [3.8, 4) is 0 Å². The van der Waals surface area contributed by atoms with Crippen molar-refractivity contribution in [3.05, 3.63) is 32.9 Å². The van der Waals surface area contributed by atoms with Crippen molar-refractivity contribution in [1.82, 2.24) is 5.32 Å². The molecule has 1 unspecified atom stereocenters. The lowest BCUT2D eigenvalue weighted by Gasteiger charge is -2.22. The molecule has 1 aromatic rings. The number of rotatable bonds is 5. The molecule has 0 aliphatic carbocycles. The molecule has 1 amide bonds. The van der Waals surface area contributed by atoms with Gasteiger partial charge in [0.15, 0.2) is 6.29 Å². The number of carbonyl (C=O) groups is 1. The van der Waals surface area contributed by atoms with Crippen molar-refractivity contribution in [2.75, 3.05) is 14.2 Å². The zero-order valence-electron chi connectivity index (χ0n) is 11.0. The molecule has 1 rings (SSSR count). The van der Waals surface area contributed by atoms with E-state index in [1.165, 1.54) is 0 Å². The Balaban J connectivity index is 2.79. The molecule has 1 atom stereocenters. The molecule has 0 fully saturated rings. The Morgan fingerprint density at radius 3 is 2.50 bits per heavy atom. The zero-order valence-corrected chi connectivity index (χ0v) is 13.1. The summed E-state index contributed by atoms with van der Waals surface area (Å²) in [5, 5.41) is 2.87. The van der Waals surface area contributed by atoms with Crippen LogP contribution in [0.2, 0.25) is 0 Å². The molecular formula is C13H18INO3. The van der Waals surface area contributed by atoms with Gasteiger partial charge in [-0.05, 0) is 48.1 Å². The van der Waals surface area contributed by atoms with Crippen LogP contribution in [0.5, 0.6) is 0 Å². The summed E-state index contributed by atoms with van der Waals surface area (Å²) in [4.78, 5) is 12.1. The fourth-order valence-electron chi connectivity index (χ4n) is 1.68. The minimum atomic E-state index is -0.448. The van der Waals surface area contributed by atoms with Gasteiger partial charge < -0.3 is 14.8 Å². The van der Waals surface area contributed by atoms with E-state index in [4.69, 9.17) is 9.47 Å².